The molecule has 4 aromatic rings. The van der Waals surface area contributed by atoms with Crippen molar-refractivity contribution in [2.75, 3.05) is 0 Å². The van der Waals surface area contributed by atoms with Crippen LogP contribution in [-0.4, -0.2) is 25.0 Å². The molecule has 5 heteroatoms. The van der Waals surface area contributed by atoms with Crippen LogP contribution in [0.15, 0.2) is 48.8 Å². The maximum atomic E-state index is 4.89. The number of unbranched alkanes of at least 4 members (excludes halogenated alkanes) is 9. The van der Waals surface area contributed by atoms with Gasteiger partial charge in [-0.2, -0.15) is 15.0 Å². The Kier molecular flexibility index (Phi) is 7.59. The van der Waals surface area contributed by atoms with Crippen LogP contribution >= 0.6 is 0 Å². The van der Waals surface area contributed by atoms with Crippen LogP contribution in [0.1, 0.15) is 71.1 Å². The molecule has 31 heavy (non-hydrogen) atoms. The van der Waals surface area contributed by atoms with E-state index in [1.807, 2.05) is 29.3 Å². The summed E-state index contributed by atoms with van der Waals surface area (Å²) in [7, 11) is 0. The van der Waals surface area contributed by atoms with Crippen LogP contribution in [0.25, 0.3) is 33.5 Å². The lowest BCUT2D eigenvalue weighted by molar-refractivity contribution is 0.483. The first-order chi connectivity index (χ1) is 15.4. The summed E-state index contributed by atoms with van der Waals surface area (Å²) in [6.45, 7) is 3.15. The summed E-state index contributed by atoms with van der Waals surface area (Å²) >= 11 is 0. The van der Waals surface area contributed by atoms with Gasteiger partial charge in [-0.1, -0.05) is 64.7 Å². The number of aromatic amines is 2. The van der Waals surface area contributed by atoms with Gasteiger partial charge < -0.3 is 9.97 Å². The fourth-order valence-corrected chi connectivity index (χ4v) is 4.31. The monoisotopic (exact) mass is 417 g/mol. The summed E-state index contributed by atoms with van der Waals surface area (Å²) in [5.74, 6) is 0. The molecule has 0 radical (unpaired) electrons. The minimum atomic E-state index is 0.875. The maximum Gasteiger partial charge on any atom is 0.123 e. The Morgan fingerprint density at radius 3 is 1.58 bits per heavy atom. The Bertz CT molecular complexity index is 956. The average molecular weight is 418 g/mol. The van der Waals surface area contributed by atoms with Gasteiger partial charge in [-0.3, -0.25) is 0 Å². The third-order valence-corrected chi connectivity index (χ3v) is 6.07. The average Bonchev–Trinajstić information content (AvgIpc) is 3.55. The molecule has 5 nitrogen and oxygen atoms in total. The lowest BCUT2D eigenvalue weighted by atomic mass is 10.0. The number of hydrogen-bond donors (Lipinski definition) is 2. The van der Waals surface area contributed by atoms with E-state index in [9.17, 15) is 0 Å². The Morgan fingerprint density at radius 2 is 1.13 bits per heavy atom. The molecule has 0 spiro atoms. The van der Waals surface area contributed by atoms with Crippen molar-refractivity contribution >= 4 is 11.0 Å². The zero-order valence-electron chi connectivity index (χ0n) is 18.7. The first-order valence-corrected chi connectivity index (χ1v) is 12.0. The number of aromatic nitrogens is 5. The minimum absolute atomic E-state index is 0.875. The van der Waals surface area contributed by atoms with E-state index in [2.05, 4.69) is 41.2 Å². The topological polar surface area (TPSA) is 62.3 Å². The third-order valence-electron chi connectivity index (χ3n) is 6.07. The molecule has 0 saturated carbocycles. The molecule has 164 valence electrons. The highest BCUT2D eigenvalue weighted by Crippen LogP contribution is 2.32. The highest BCUT2D eigenvalue weighted by Gasteiger charge is 2.15. The molecule has 0 aliphatic heterocycles. The summed E-state index contributed by atoms with van der Waals surface area (Å²) < 4.78 is 0. The zero-order valence-corrected chi connectivity index (χ0v) is 18.7. The largest absolute Gasteiger partial charge is 0.361 e. The summed E-state index contributed by atoms with van der Waals surface area (Å²) in [6.07, 6.45) is 17.3. The Hall–Kier alpha value is -2.82. The van der Waals surface area contributed by atoms with E-state index in [-0.39, 0.29) is 0 Å². The van der Waals surface area contributed by atoms with Crippen LogP contribution in [0.4, 0.5) is 0 Å². The van der Waals surface area contributed by atoms with Gasteiger partial charge in [-0.15, -0.1) is 0 Å². The van der Waals surface area contributed by atoms with Crippen LogP contribution in [0, 0.1) is 0 Å². The first kappa shape index (κ1) is 21.4. The van der Waals surface area contributed by atoms with Gasteiger partial charge in [0.25, 0.3) is 0 Å². The highest BCUT2D eigenvalue weighted by atomic mass is 15.5. The van der Waals surface area contributed by atoms with Gasteiger partial charge in [-0.05, 0) is 42.8 Å². The summed E-state index contributed by atoms with van der Waals surface area (Å²) in [6, 6.07) is 12.5. The highest BCUT2D eigenvalue weighted by molar-refractivity contribution is 5.99. The summed E-state index contributed by atoms with van der Waals surface area (Å²) in [5.41, 5.74) is 6.28. The molecule has 3 heterocycles. The van der Waals surface area contributed by atoms with E-state index in [1.54, 1.807) is 0 Å². The Morgan fingerprint density at radius 1 is 0.645 bits per heavy atom. The molecule has 2 N–H and O–H groups in total. The second-order valence-corrected chi connectivity index (χ2v) is 8.50. The second kappa shape index (κ2) is 11.0. The predicted molar refractivity (Wildman–Crippen MR) is 129 cm³/mol. The third kappa shape index (κ3) is 5.46. The van der Waals surface area contributed by atoms with E-state index >= 15 is 0 Å². The van der Waals surface area contributed by atoms with Crippen LogP contribution in [0.2, 0.25) is 0 Å². The van der Waals surface area contributed by atoms with E-state index in [0.717, 1.165) is 46.5 Å². The molecule has 1 aromatic carbocycles. The van der Waals surface area contributed by atoms with Gasteiger partial charge in [0.1, 0.15) is 11.0 Å². The smallest absolute Gasteiger partial charge is 0.123 e. The van der Waals surface area contributed by atoms with Gasteiger partial charge >= 0.3 is 0 Å². The molecule has 0 saturated heterocycles. The molecule has 0 amide bonds. The summed E-state index contributed by atoms with van der Waals surface area (Å²) in [4.78, 5) is 8.52. The van der Waals surface area contributed by atoms with Crippen molar-refractivity contribution in [1.29, 1.82) is 0 Å². The maximum absolute atomic E-state index is 4.89. The van der Waals surface area contributed by atoms with Gasteiger partial charge in [0.2, 0.25) is 0 Å². The Balaban J connectivity index is 1.38. The molecule has 0 aliphatic carbocycles. The van der Waals surface area contributed by atoms with Gasteiger partial charge in [0.15, 0.2) is 0 Å². The molecule has 0 bridgehead atoms. The van der Waals surface area contributed by atoms with Gasteiger partial charge in [0.05, 0.1) is 6.54 Å². The van der Waals surface area contributed by atoms with E-state index in [4.69, 9.17) is 10.2 Å². The van der Waals surface area contributed by atoms with Crippen molar-refractivity contribution in [3.05, 3.63) is 48.8 Å². The van der Waals surface area contributed by atoms with Crippen molar-refractivity contribution in [3.63, 3.8) is 0 Å². The number of aryl methyl sites for hydroxylation is 1. The lowest BCUT2D eigenvalue weighted by Gasteiger charge is -2.03. The first-order valence-electron chi connectivity index (χ1n) is 12.0. The summed E-state index contributed by atoms with van der Waals surface area (Å²) in [5, 5.41) is 9.77. The van der Waals surface area contributed by atoms with Crippen LogP contribution in [-0.2, 0) is 6.54 Å². The lowest BCUT2D eigenvalue weighted by Crippen LogP contribution is -2.02. The molecule has 3 aromatic heterocycles. The predicted octanol–water partition coefficient (Wildman–Crippen LogP) is 7.34. The zero-order chi connectivity index (χ0) is 21.3. The fourth-order valence-electron chi connectivity index (χ4n) is 4.31. The standard InChI is InChI=1S/C26H35N5/c1-2-3-4-5-6-7-8-9-10-11-20-31-29-25-21(23-14-12-18-27-23)16-17-22(26(25)30-31)24-15-13-19-28-24/h12-19,27-28H,2-11,20H2,1H3. The van der Waals surface area contributed by atoms with Crippen LogP contribution in [0.5, 0.6) is 0 Å². The Labute approximate surface area is 185 Å². The van der Waals surface area contributed by atoms with E-state index in [1.165, 1.54) is 57.8 Å². The number of benzene rings is 1. The molecule has 0 unspecified atom stereocenters. The molecule has 4 rings (SSSR count). The molecular weight excluding hydrogens is 382 g/mol. The van der Waals surface area contributed by atoms with Crippen molar-refractivity contribution < 1.29 is 0 Å². The van der Waals surface area contributed by atoms with Gasteiger partial charge in [0, 0.05) is 34.9 Å². The number of nitrogens with zero attached hydrogens (tertiary/aromatic N) is 3. The SMILES string of the molecule is CCCCCCCCCCCCn1nc2c(-c3ccc[nH]3)ccc(-c3ccc[nH]3)c2n1. The fraction of sp³-hybridized carbons (Fsp3) is 0.462. The van der Waals surface area contributed by atoms with Gasteiger partial charge in [-0.25, -0.2) is 0 Å². The van der Waals surface area contributed by atoms with Crippen molar-refractivity contribution in [2.24, 2.45) is 0 Å². The quantitative estimate of drug-likeness (QED) is 0.223. The van der Waals surface area contributed by atoms with Crippen LogP contribution < -0.4 is 0 Å². The molecule has 0 fully saturated rings. The van der Waals surface area contributed by atoms with Crippen molar-refractivity contribution in [3.8, 4) is 22.5 Å². The normalized spacial score (nSPS) is 11.5. The number of rotatable bonds is 13. The van der Waals surface area contributed by atoms with Crippen molar-refractivity contribution in [1.82, 2.24) is 25.0 Å². The molecule has 0 atom stereocenters. The number of nitrogens with one attached hydrogen (secondary N) is 2. The van der Waals surface area contributed by atoms with E-state index < -0.39 is 0 Å². The van der Waals surface area contributed by atoms with E-state index in [0.29, 0.717) is 0 Å². The van der Waals surface area contributed by atoms with Crippen molar-refractivity contribution in [2.45, 2.75) is 77.7 Å². The number of fused-ring (bicyclic) bond motifs is 1. The molecule has 0 aliphatic rings. The minimum Gasteiger partial charge on any atom is -0.361 e. The number of hydrogen-bond acceptors (Lipinski definition) is 2. The van der Waals surface area contributed by atoms with Crippen LogP contribution in [0.3, 0.4) is 0 Å². The number of H-pyrrole nitrogens is 2. The second-order valence-electron chi connectivity index (χ2n) is 8.50. The molecular formula is C26H35N5.